The van der Waals surface area contributed by atoms with Gasteiger partial charge in [0.1, 0.15) is 11.4 Å². The maximum Gasteiger partial charge on any atom is 0.408 e. The highest BCUT2D eigenvalue weighted by atomic mass is 16.6. The zero-order chi connectivity index (χ0) is 16.6. The molecule has 2 amide bonds. The summed E-state index contributed by atoms with van der Waals surface area (Å²) in [6.07, 6.45) is 0.0507. The lowest BCUT2D eigenvalue weighted by atomic mass is 10.1. The zero-order valence-corrected chi connectivity index (χ0v) is 13.6. The van der Waals surface area contributed by atoms with Gasteiger partial charge in [0.05, 0.1) is 13.7 Å². The van der Waals surface area contributed by atoms with Gasteiger partial charge in [0.2, 0.25) is 5.91 Å². The van der Waals surface area contributed by atoms with E-state index < -0.39 is 11.7 Å². The molecule has 1 rings (SSSR count). The Labute approximate surface area is 131 Å². The van der Waals surface area contributed by atoms with Gasteiger partial charge in [0.25, 0.3) is 0 Å². The highest BCUT2D eigenvalue weighted by Gasteiger charge is 2.16. The van der Waals surface area contributed by atoms with Crippen LogP contribution in [0.3, 0.4) is 0 Å². The summed E-state index contributed by atoms with van der Waals surface area (Å²) >= 11 is 0. The van der Waals surface area contributed by atoms with Gasteiger partial charge in [0.15, 0.2) is 0 Å². The zero-order valence-electron chi connectivity index (χ0n) is 13.6. The van der Waals surface area contributed by atoms with Crippen molar-refractivity contribution in [2.24, 2.45) is 0 Å². The van der Waals surface area contributed by atoms with E-state index in [1.165, 1.54) is 0 Å². The molecule has 0 aliphatic rings. The van der Waals surface area contributed by atoms with Gasteiger partial charge < -0.3 is 20.1 Å². The summed E-state index contributed by atoms with van der Waals surface area (Å²) in [5.41, 5.74) is 0.440. The van der Waals surface area contributed by atoms with Crippen molar-refractivity contribution in [3.05, 3.63) is 29.8 Å². The topological polar surface area (TPSA) is 76.7 Å². The maximum absolute atomic E-state index is 11.6. The van der Waals surface area contributed by atoms with Gasteiger partial charge in [-0.15, -0.1) is 0 Å². The molecule has 6 nitrogen and oxygen atoms in total. The summed E-state index contributed by atoms with van der Waals surface area (Å²) in [4.78, 5) is 23.1. The fourth-order valence-corrected chi connectivity index (χ4v) is 1.78. The first-order valence-electron chi connectivity index (χ1n) is 7.17. The number of methoxy groups -OCH3 is 1. The molecular weight excluding hydrogens is 284 g/mol. The van der Waals surface area contributed by atoms with Crippen LogP contribution >= 0.6 is 0 Å². The molecule has 0 atom stereocenters. The monoisotopic (exact) mass is 308 g/mol. The van der Waals surface area contributed by atoms with Crippen molar-refractivity contribution in [3.8, 4) is 5.75 Å². The van der Waals surface area contributed by atoms with Crippen LogP contribution < -0.4 is 15.4 Å². The van der Waals surface area contributed by atoms with Crippen molar-refractivity contribution in [2.75, 3.05) is 20.2 Å². The summed E-state index contributed by atoms with van der Waals surface area (Å²) in [7, 11) is 1.61. The molecular formula is C16H24N2O4. The van der Waals surface area contributed by atoms with E-state index >= 15 is 0 Å². The minimum Gasteiger partial charge on any atom is -0.496 e. The molecule has 1 aromatic rings. The predicted octanol–water partition coefficient (Wildman–Crippen LogP) is 1.88. The molecule has 0 spiro atoms. The number of carbonyl (C=O) groups excluding carboxylic acids is 2. The van der Waals surface area contributed by atoms with E-state index in [-0.39, 0.29) is 12.5 Å². The van der Waals surface area contributed by atoms with Crippen LogP contribution in [0.15, 0.2) is 24.3 Å². The lowest BCUT2D eigenvalue weighted by Gasteiger charge is -2.19. The summed E-state index contributed by atoms with van der Waals surface area (Å²) in [5, 5.41) is 5.15. The smallest absolute Gasteiger partial charge is 0.408 e. The average molecular weight is 308 g/mol. The van der Waals surface area contributed by atoms with Crippen LogP contribution in [0.1, 0.15) is 26.3 Å². The van der Waals surface area contributed by atoms with Crippen molar-refractivity contribution in [1.82, 2.24) is 10.6 Å². The first kappa shape index (κ1) is 17.8. The molecule has 0 radical (unpaired) electrons. The number of rotatable bonds is 6. The lowest BCUT2D eigenvalue weighted by Crippen LogP contribution is -2.40. The number of benzene rings is 1. The molecule has 0 heterocycles. The van der Waals surface area contributed by atoms with E-state index in [1.807, 2.05) is 24.3 Å². The third kappa shape index (κ3) is 6.97. The van der Waals surface area contributed by atoms with Crippen LogP contribution in [0.25, 0.3) is 0 Å². The van der Waals surface area contributed by atoms with Crippen LogP contribution in [0, 0.1) is 0 Å². The van der Waals surface area contributed by atoms with Gasteiger partial charge in [-0.3, -0.25) is 4.79 Å². The molecule has 0 saturated heterocycles. The fraction of sp³-hybridized carbons (Fsp3) is 0.500. The number of hydrogen-bond donors (Lipinski definition) is 2. The Balaban J connectivity index is 2.28. The highest BCUT2D eigenvalue weighted by molar-refractivity contribution is 5.82. The van der Waals surface area contributed by atoms with E-state index in [4.69, 9.17) is 9.47 Å². The molecule has 0 aromatic heterocycles. The van der Waals surface area contributed by atoms with Gasteiger partial charge in [0, 0.05) is 6.54 Å². The van der Waals surface area contributed by atoms with Gasteiger partial charge in [-0.1, -0.05) is 18.2 Å². The largest absolute Gasteiger partial charge is 0.496 e. The number of ether oxygens (including phenoxy) is 2. The first-order chi connectivity index (χ1) is 10.3. The maximum atomic E-state index is 11.6. The average Bonchev–Trinajstić information content (AvgIpc) is 2.44. The number of hydrogen-bond acceptors (Lipinski definition) is 4. The molecule has 0 bridgehead atoms. The molecule has 0 aliphatic carbocycles. The van der Waals surface area contributed by atoms with Gasteiger partial charge >= 0.3 is 6.09 Å². The quantitative estimate of drug-likeness (QED) is 0.841. The van der Waals surface area contributed by atoms with E-state index in [0.717, 1.165) is 11.3 Å². The second-order valence-corrected chi connectivity index (χ2v) is 5.77. The Hall–Kier alpha value is -2.24. The van der Waals surface area contributed by atoms with Crippen LogP contribution in [0.2, 0.25) is 0 Å². The van der Waals surface area contributed by atoms with Gasteiger partial charge in [-0.25, -0.2) is 4.79 Å². The summed E-state index contributed by atoms with van der Waals surface area (Å²) < 4.78 is 10.3. The van der Waals surface area contributed by atoms with Crippen LogP contribution in [0.5, 0.6) is 5.75 Å². The van der Waals surface area contributed by atoms with Crippen LogP contribution in [-0.2, 0) is 16.0 Å². The number of alkyl carbamates (subject to hydrolysis) is 1. The van der Waals surface area contributed by atoms with Crippen LogP contribution in [-0.4, -0.2) is 37.8 Å². The Morgan fingerprint density at radius 1 is 1.14 bits per heavy atom. The summed E-state index contributed by atoms with van der Waals surface area (Å²) in [5.74, 6) is 0.532. The third-order valence-corrected chi connectivity index (χ3v) is 2.70. The Morgan fingerprint density at radius 2 is 1.82 bits per heavy atom. The van der Waals surface area contributed by atoms with Crippen molar-refractivity contribution < 1.29 is 19.1 Å². The first-order valence-corrected chi connectivity index (χ1v) is 7.17. The number of carbonyl (C=O) groups is 2. The van der Waals surface area contributed by atoms with Crippen LogP contribution in [0.4, 0.5) is 4.79 Å². The number of para-hydroxylation sites is 1. The summed E-state index contributed by atoms with van der Waals surface area (Å²) in [6, 6.07) is 7.64. The third-order valence-electron chi connectivity index (χ3n) is 2.70. The molecule has 0 unspecified atom stereocenters. The minimum atomic E-state index is -0.604. The molecule has 0 aliphatic heterocycles. The molecule has 0 fully saturated rings. The Bertz CT molecular complexity index is 509. The normalized spacial score (nSPS) is 10.7. The molecule has 2 N–H and O–H groups in total. The van der Waals surface area contributed by atoms with Crippen molar-refractivity contribution >= 4 is 12.0 Å². The van der Waals surface area contributed by atoms with E-state index in [1.54, 1.807) is 27.9 Å². The highest BCUT2D eigenvalue weighted by Crippen LogP contribution is 2.17. The van der Waals surface area contributed by atoms with Gasteiger partial charge in [-0.2, -0.15) is 0 Å². The van der Waals surface area contributed by atoms with Crippen molar-refractivity contribution in [2.45, 2.75) is 32.8 Å². The Morgan fingerprint density at radius 3 is 2.45 bits per heavy atom. The SMILES string of the molecule is COc1ccccc1CCNC(=O)CNC(=O)OC(C)(C)C. The number of amides is 2. The summed E-state index contributed by atoms with van der Waals surface area (Å²) in [6.45, 7) is 5.65. The molecule has 122 valence electrons. The number of nitrogens with one attached hydrogen (secondary N) is 2. The van der Waals surface area contributed by atoms with E-state index in [0.29, 0.717) is 13.0 Å². The lowest BCUT2D eigenvalue weighted by molar-refractivity contribution is -0.120. The fourth-order valence-electron chi connectivity index (χ4n) is 1.78. The molecule has 6 heteroatoms. The minimum absolute atomic E-state index is 0.110. The van der Waals surface area contributed by atoms with E-state index in [9.17, 15) is 9.59 Å². The van der Waals surface area contributed by atoms with Crippen molar-refractivity contribution in [1.29, 1.82) is 0 Å². The Kier molecular flexibility index (Phi) is 6.69. The second kappa shape index (κ2) is 8.26. The van der Waals surface area contributed by atoms with Crippen molar-refractivity contribution in [3.63, 3.8) is 0 Å². The molecule has 1 aromatic carbocycles. The van der Waals surface area contributed by atoms with E-state index in [2.05, 4.69) is 10.6 Å². The molecule has 0 saturated carbocycles. The standard InChI is InChI=1S/C16H24N2O4/c1-16(2,3)22-15(20)18-11-14(19)17-10-9-12-7-5-6-8-13(12)21-4/h5-8H,9-11H2,1-4H3,(H,17,19)(H,18,20). The second-order valence-electron chi connectivity index (χ2n) is 5.77. The predicted molar refractivity (Wildman–Crippen MR) is 83.9 cm³/mol. The van der Waals surface area contributed by atoms with Gasteiger partial charge in [-0.05, 0) is 38.8 Å². The molecule has 22 heavy (non-hydrogen) atoms.